The molecule has 2 nitrogen and oxygen atoms in total. The molecule has 1 aliphatic heterocycles. The van der Waals surface area contributed by atoms with Crippen molar-refractivity contribution in [3.8, 4) is 0 Å². The SMILES string of the molecule is FC(Cl)C(F)(F)C1COCO1. The second-order valence-corrected chi connectivity index (χ2v) is 2.50. The Bertz CT molecular complexity index is 136. The van der Waals surface area contributed by atoms with Gasteiger partial charge in [-0.05, 0) is 0 Å². The summed E-state index contributed by atoms with van der Waals surface area (Å²) in [4.78, 5) is 0. The zero-order valence-corrected chi connectivity index (χ0v) is 6.15. The standard InChI is InChI=1S/C5H6ClF3O2/c6-4(7)5(8,9)3-1-10-2-11-3/h3-4H,1-2H2. The number of hydrogen-bond donors (Lipinski definition) is 0. The van der Waals surface area contributed by atoms with E-state index in [9.17, 15) is 13.2 Å². The van der Waals surface area contributed by atoms with Gasteiger partial charge in [-0.25, -0.2) is 4.39 Å². The molecular formula is C5H6ClF3O2. The van der Waals surface area contributed by atoms with Gasteiger partial charge in [0.1, 0.15) is 6.79 Å². The largest absolute Gasteiger partial charge is 0.352 e. The van der Waals surface area contributed by atoms with Gasteiger partial charge in [0, 0.05) is 0 Å². The molecular weight excluding hydrogens is 184 g/mol. The van der Waals surface area contributed by atoms with Crippen LogP contribution in [0.5, 0.6) is 0 Å². The molecule has 1 heterocycles. The van der Waals surface area contributed by atoms with Crippen LogP contribution in [0.2, 0.25) is 0 Å². The molecule has 0 aliphatic carbocycles. The lowest BCUT2D eigenvalue weighted by Crippen LogP contribution is -2.41. The Kier molecular flexibility index (Phi) is 2.61. The molecule has 0 saturated carbocycles. The highest BCUT2D eigenvalue weighted by molar-refractivity contribution is 6.20. The molecule has 1 rings (SSSR count). The van der Waals surface area contributed by atoms with Gasteiger partial charge in [0.25, 0.3) is 0 Å². The topological polar surface area (TPSA) is 18.5 Å². The van der Waals surface area contributed by atoms with Crippen LogP contribution in [0.15, 0.2) is 0 Å². The summed E-state index contributed by atoms with van der Waals surface area (Å²) in [6.45, 7) is -0.552. The number of rotatable bonds is 2. The molecule has 0 amide bonds. The van der Waals surface area contributed by atoms with E-state index in [-0.39, 0.29) is 13.4 Å². The highest BCUT2D eigenvalue weighted by Gasteiger charge is 2.49. The molecule has 0 bridgehead atoms. The van der Waals surface area contributed by atoms with Gasteiger partial charge in [-0.2, -0.15) is 8.78 Å². The first-order chi connectivity index (χ1) is 5.05. The summed E-state index contributed by atoms with van der Waals surface area (Å²) in [5.74, 6) is -3.67. The van der Waals surface area contributed by atoms with Crippen molar-refractivity contribution in [2.75, 3.05) is 13.4 Å². The van der Waals surface area contributed by atoms with Crippen molar-refractivity contribution in [3.63, 3.8) is 0 Å². The average molecular weight is 191 g/mol. The molecule has 1 fully saturated rings. The maximum atomic E-state index is 12.5. The van der Waals surface area contributed by atoms with Gasteiger partial charge >= 0.3 is 5.92 Å². The minimum absolute atomic E-state index is 0.232. The molecule has 2 atom stereocenters. The number of ether oxygens (including phenoxy) is 2. The highest BCUT2D eigenvalue weighted by atomic mass is 35.5. The summed E-state index contributed by atoms with van der Waals surface area (Å²) < 4.78 is 45.9. The van der Waals surface area contributed by atoms with Gasteiger partial charge in [0.2, 0.25) is 5.63 Å². The van der Waals surface area contributed by atoms with E-state index >= 15 is 0 Å². The minimum atomic E-state index is -3.67. The normalized spacial score (nSPS) is 28.9. The molecule has 0 aromatic carbocycles. The van der Waals surface area contributed by atoms with E-state index in [0.717, 1.165) is 0 Å². The van der Waals surface area contributed by atoms with Crippen LogP contribution >= 0.6 is 11.6 Å². The summed E-state index contributed by atoms with van der Waals surface area (Å²) >= 11 is 4.60. The monoisotopic (exact) mass is 190 g/mol. The molecule has 0 aromatic heterocycles. The molecule has 66 valence electrons. The Balaban J connectivity index is 2.55. The minimum Gasteiger partial charge on any atom is -0.352 e. The van der Waals surface area contributed by atoms with Gasteiger partial charge in [0.05, 0.1) is 6.61 Å². The fourth-order valence-corrected chi connectivity index (χ4v) is 0.837. The van der Waals surface area contributed by atoms with Crippen molar-refractivity contribution in [3.05, 3.63) is 0 Å². The van der Waals surface area contributed by atoms with Crippen LogP contribution < -0.4 is 0 Å². The summed E-state index contributed by atoms with van der Waals surface area (Å²) in [6, 6.07) is 0. The molecule has 2 unspecified atom stereocenters. The van der Waals surface area contributed by atoms with E-state index in [4.69, 9.17) is 0 Å². The quantitative estimate of drug-likeness (QED) is 0.615. The molecule has 0 aromatic rings. The van der Waals surface area contributed by atoms with Crippen LogP contribution in [0.4, 0.5) is 13.2 Å². The van der Waals surface area contributed by atoms with E-state index in [1.165, 1.54) is 0 Å². The molecule has 11 heavy (non-hydrogen) atoms. The van der Waals surface area contributed by atoms with Crippen molar-refractivity contribution in [2.24, 2.45) is 0 Å². The first-order valence-electron chi connectivity index (χ1n) is 2.90. The first kappa shape index (κ1) is 9.09. The predicted molar refractivity (Wildman–Crippen MR) is 31.4 cm³/mol. The lowest BCUT2D eigenvalue weighted by molar-refractivity contribution is -0.134. The van der Waals surface area contributed by atoms with Crippen LogP contribution in [0.25, 0.3) is 0 Å². The second-order valence-electron chi connectivity index (χ2n) is 2.12. The third kappa shape index (κ3) is 1.77. The summed E-state index contributed by atoms with van der Waals surface area (Å²) in [5.41, 5.74) is -2.73. The van der Waals surface area contributed by atoms with Crippen molar-refractivity contribution in [1.82, 2.24) is 0 Å². The third-order valence-electron chi connectivity index (χ3n) is 1.34. The Morgan fingerprint density at radius 2 is 2.18 bits per heavy atom. The van der Waals surface area contributed by atoms with Gasteiger partial charge in [0.15, 0.2) is 6.10 Å². The molecule has 0 spiro atoms. The van der Waals surface area contributed by atoms with Crippen molar-refractivity contribution >= 4 is 11.6 Å². The van der Waals surface area contributed by atoms with Crippen molar-refractivity contribution in [2.45, 2.75) is 17.7 Å². The first-order valence-corrected chi connectivity index (χ1v) is 3.34. The van der Waals surface area contributed by atoms with Gasteiger partial charge in [-0.3, -0.25) is 0 Å². The van der Waals surface area contributed by atoms with Crippen LogP contribution in [-0.4, -0.2) is 31.1 Å². The Hall–Kier alpha value is -0.0000000000000000416. The zero-order valence-electron chi connectivity index (χ0n) is 5.40. The van der Waals surface area contributed by atoms with Crippen molar-refractivity contribution < 1.29 is 22.6 Å². The maximum absolute atomic E-state index is 12.5. The Morgan fingerprint density at radius 1 is 1.55 bits per heavy atom. The fourth-order valence-electron chi connectivity index (χ4n) is 0.696. The number of alkyl halides is 4. The summed E-state index contributed by atoms with van der Waals surface area (Å²) in [6.07, 6.45) is -1.56. The van der Waals surface area contributed by atoms with E-state index in [0.29, 0.717) is 0 Å². The number of halogens is 4. The molecule has 1 aliphatic rings. The summed E-state index contributed by atoms with van der Waals surface area (Å²) in [5, 5.41) is 0. The molecule has 1 saturated heterocycles. The Morgan fingerprint density at radius 3 is 2.55 bits per heavy atom. The van der Waals surface area contributed by atoms with Crippen LogP contribution in [0, 0.1) is 0 Å². The fraction of sp³-hybridized carbons (Fsp3) is 1.00. The predicted octanol–water partition coefficient (Wildman–Crippen LogP) is 1.53. The van der Waals surface area contributed by atoms with Crippen LogP contribution in [-0.2, 0) is 9.47 Å². The smallest absolute Gasteiger partial charge is 0.320 e. The van der Waals surface area contributed by atoms with Gasteiger partial charge in [-0.1, -0.05) is 11.6 Å². The lowest BCUT2D eigenvalue weighted by atomic mass is 10.2. The third-order valence-corrected chi connectivity index (χ3v) is 1.63. The maximum Gasteiger partial charge on any atom is 0.320 e. The van der Waals surface area contributed by atoms with Gasteiger partial charge in [-0.15, -0.1) is 0 Å². The van der Waals surface area contributed by atoms with Gasteiger partial charge < -0.3 is 9.47 Å². The van der Waals surface area contributed by atoms with E-state index in [1.54, 1.807) is 0 Å². The van der Waals surface area contributed by atoms with E-state index in [2.05, 4.69) is 21.1 Å². The van der Waals surface area contributed by atoms with Crippen molar-refractivity contribution in [1.29, 1.82) is 0 Å². The van der Waals surface area contributed by atoms with E-state index < -0.39 is 17.7 Å². The average Bonchev–Trinajstić information content (AvgIpc) is 2.37. The second kappa shape index (κ2) is 3.16. The van der Waals surface area contributed by atoms with E-state index in [1.807, 2.05) is 0 Å². The zero-order chi connectivity index (χ0) is 8.48. The Labute approximate surface area is 66.2 Å². The lowest BCUT2D eigenvalue weighted by Gasteiger charge is -2.20. The number of hydrogen-bond acceptors (Lipinski definition) is 2. The summed E-state index contributed by atoms with van der Waals surface area (Å²) in [7, 11) is 0. The van der Waals surface area contributed by atoms with Crippen LogP contribution in [0.3, 0.4) is 0 Å². The molecule has 0 radical (unpaired) electrons. The molecule has 6 heteroatoms. The van der Waals surface area contributed by atoms with Crippen LogP contribution in [0.1, 0.15) is 0 Å². The highest BCUT2D eigenvalue weighted by Crippen LogP contribution is 2.32. The molecule has 0 N–H and O–H groups in total.